The van der Waals surface area contributed by atoms with Crippen LogP contribution in [0.25, 0.3) is 11.5 Å². The maximum Gasteiger partial charge on any atom is 0.322 e. The molecule has 202 valence electrons. The molecule has 3 aromatic carbocycles. The molecular weight excluding hydrogens is 496 g/mol. The Bertz CT molecular complexity index is 1630. The minimum atomic E-state index is -0.308. The van der Waals surface area contributed by atoms with Gasteiger partial charge in [-0.25, -0.2) is 9.48 Å². The number of carbonyl (C=O) groups is 1. The third kappa shape index (κ3) is 4.53. The topological polar surface area (TPSA) is 58.3 Å². The molecule has 0 spiro atoms. The average Bonchev–Trinajstić information content (AvgIpc) is 3.54. The second-order valence-electron chi connectivity index (χ2n) is 10.4. The second-order valence-corrected chi connectivity index (χ2v) is 10.4. The number of carbonyl (C=O) groups excluding carboxylic acids is 1. The lowest BCUT2D eigenvalue weighted by Crippen LogP contribution is -2.38. The molecule has 2 aromatic heterocycles. The fourth-order valence-corrected chi connectivity index (χ4v) is 5.47. The summed E-state index contributed by atoms with van der Waals surface area (Å²) in [5.41, 5.74) is 8.07. The van der Waals surface area contributed by atoms with Gasteiger partial charge in [0.15, 0.2) is 0 Å². The number of nitrogens with zero attached hydrogens (tertiary/aromatic N) is 5. The van der Waals surface area contributed by atoms with E-state index in [1.807, 2.05) is 67.0 Å². The summed E-state index contributed by atoms with van der Waals surface area (Å²) in [6, 6.07) is 30.4. The maximum atomic E-state index is 14.1. The van der Waals surface area contributed by atoms with E-state index in [9.17, 15) is 4.79 Å². The number of aromatic nitrogens is 3. The van der Waals surface area contributed by atoms with Gasteiger partial charge in [0.25, 0.3) is 0 Å². The Kier molecular flexibility index (Phi) is 6.64. The molecule has 1 N–H and O–H groups in total. The van der Waals surface area contributed by atoms with E-state index in [-0.39, 0.29) is 12.1 Å². The Hall–Kier alpha value is -4.78. The summed E-state index contributed by atoms with van der Waals surface area (Å²) < 4.78 is 4.18. The predicted octanol–water partition coefficient (Wildman–Crippen LogP) is 6.74. The lowest BCUT2D eigenvalue weighted by Gasteiger charge is -2.31. The van der Waals surface area contributed by atoms with Gasteiger partial charge in [-0.05, 0) is 73.0 Å². The van der Waals surface area contributed by atoms with Crippen molar-refractivity contribution in [2.24, 2.45) is 0 Å². The van der Waals surface area contributed by atoms with Crippen LogP contribution in [0.1, 0.15) is 41.0 Å². The molecule has 1 aliphatic heterocycles. The van der Waals surface area contributed by atoms with E-state index in [1.165, 1.54) is 5.56 Å². The van der Waals surface area contributed by atoms with Gasteiger partial charge in [-0.2, -0.15) is 5.10 Å². The number of hydrogen-bond donors (Lipinski definition) is 1. The molecule has 0 aliphatic carbocycles. The first-order valence-electron chi connectivity index (χ1n) is 13.7. The van der Waals surface area contributed by atoms with Crippen molar-refractivity contribution in [1.29, 1.82) is 0 Å². The van der Waals surface area contributed by atoms with Crippen LogP contribution in [-0.4, -0.2) is 39.4 Å². The molecule has 0 bridgehead atoms. The van der Waals surface area contributed by atoms with Crippen molar-refractivity contribution in [3.05, 3.63) is 125 Å². The summed E-state index contributed by atoms with van der Waals surface area (Å²) in [6.07, 6.45) is 3.02. The number of para-hydroxylation sites is 1. The highest BCUT2D eigenvalue weighted by Crippen LogP contribution is 2.39. The van der Waals surface area contributed by atoms with Crippen molar-refractivity contribution in [3.8, 4) is 11.5 Å². The first-order valence-corrected chi connectivity index (χ1v) is 13.7. The summed E-state index contributed by atoms with van der Waals surface area (Å²) in [6.45, 7) is 4.56. The molecular formula is C33H34N6O. The highest BCUT2D eigenvalue weighted by atomic mass is 16.2. The quantitative estimate of drug-likeness (QED) is 0.274. The zero-order chi connectivity index (χ0) is 27.8. The SMILES string of the molecule is CCc1ccc(NC(=O)N2Cc3c(C)nn(-c4ccccc4)c3-n3cccc3[C@@H]2c2ccc(N(C)C)cc2)cc1. The van der Waals surface area contributed by atoms with E-state index in [0.717, 1.165) is 51.8 Å². The number of fused-ring (bicyclic) bond motifs is 3. The molecule has 0 unspecified atom stereocenters. The summed E-state index contributed by atoms with van der Waals surface area (Å²) in [5, 5.41) is 8.11. The van der Waals surface area contributed by atoms with Crippen molar-refractivity contribution in [1.82, 2.24) is 19.2 Å². The lowest BCUT2D eigenvalue weighted by atomic mass is 10.0. The number of nitrogens with one attached hydrogen (secondary N) is 1. The van der Waals surface area contributed by atoms with E-state index < -0.39 is 0 Å². The van der Waals surface area contributed by atoms with Crippen LogP contribution in [0.4, 0.5) is 16.2 Å². The zero-order valence-electron chi connectivity index (χ0n) is 23.4. The zero-order valence-corrected chi connectivity index (χ0v) is 23.4. The lowest BCUT2D eigenvalue weighted by molar-refractivity contribution is 0.194. The molecule has 5 aromatic rings. The standard InChI is InChI=1S/C33H34N6O/c1-5-24-13-17-26(18-14-24)34-33(40)38-22-29-23(2)35-39(28-10-7-6-8-11-28)32(29)37-21-9-12-30(37)31(38)25-15-19-27(20-16-25)36(3)4/h6-21,31H,5,22H2,1-4H3,(H,34,40)/t31-/m0/s1. The summed E-state index contributed by atoms with van der Waals surface area (Å²) in [4.78, 5) is 18.1. The average molecular weight is 531 g/mol. The van der Waals surface area contributed by atoms with Gasteiger partial charge >= 0.3 is 6.03 Å². The number of hydrogen-bond acceptors (Lipinski definition) is 3. The predicted molar refractivity (Wildman–Crippen MR) is 161 cm³/mol. The minimum Gasteiger partial charge on any atom is -0.378 e. The van der Waals surface area contributed by atoms with Crippen LogP contribution in [0, 0.1) is 6.92 Å². The highest BCUT2D eigenvalue weighted by molar-refractivity contribution is 5.90. The molecule has 0 radical (unpaired) electrons. The van der Waals surface area contributed by atoms with E-state index in [2.05, 4.69) is 82.5 Å². The third-order valence-corrected chi connectivity index (χ3v) is 7.69. The monoisotopic (exact) mass is 530 g/mol. The first-order chi connectivity index (χ1) is 19.4. The van der Waals surface area contributed by atoms with Crippen LogP contribution in [-0.2, 0) is 13.0 Å². The van der Waals surface area contributed by atoms with E-state index >= 15 is 0 Å². The first kappa shape index (κ1) is 25.5. The molecule has 3 heterocycles. The number of aryl methyl sites for hydroxylation is 2. The summed E-state index contributed by atoms with van der Waals surface area (Å²) in [7, 11) is 4.06. The number of rotatable bonds is 5. The Morgan fingerprint density at radius 3 is 2.35 bits per heavy atom. The van der Waals surface area contributed by atoms with Crippen LogP contribution >= 0.6 is 0 Å². The Balaban J connectivity index is 1.50. The number of benzene rings is 3. The van der Waals surface area contributed by atoms with E-state index in [4.69, 9.17) is 5.10 Å². The molecule has 1 atom stereocenters. The van der Waals surface area contributed by atoms with Crippen LogP contribution < -0.4 is 10.2 Å². The largest absolute Gasteiger partial charge is 0.378 e. The Labute approximate surface area is 235 Å². The summed E-state index contributed by atoms with van der Waals surface area (Å²) >= 11 is 0. The van der Waals surface area contributed by atoms with Crippen LogP contribution in [0.3, 0.4) is 0 Å². The van der Waals surface area contributed by atoms with Gasteiger partial charge < -0.3 is 19.7 Å². The molecule has 7 nitrogen and oxygen atoms in total. The van der Waals surface area contributed by atoms with Gasteiger partial charge in [0.05, 0.1) is 29.7 Å². The minimum absolute atomic E-state index is 0.154. The van der Waals surface area contributed by atoms with Gasteiger partial charge in [0.1, 0.15) is 5.82 Å². The molecule has 2 amide bonds. The maximum absolute atomic E-state index is 14.1. The van der Waals surface area contributed by atoms with E-state index in [1.54, 1.807) is 0 Å². The van der Waals surface area contributed by atoms with Crippen LogP contribution in [0.15, 0.2) is 97.2 Å². The highest BCUT2D eigenvalue weighted by Gasteiger charge is 2.36. The molecule has 7 heteroatoms. The van der Waals surface area contributed by atoms with Crippen molar-refractivity contribution < 1.29 is 4.79 Å². The number of urea groups is 1. The fraction of sp³-hybridized carbons (Fsp3) is 0.212. The van der Waals surface area contributed by atoms with E-state index in [0.29, 0.717) is 6.54 Å². The molecule has 0 saturated carbocycles. The Morgan fingerprint density at radius 2 is 1.68 bits per heavy atom. The smallest absolute Gasteiger partial charge is 0.322 e. The number of anilines is 2. The Morgan fingerprint density at radius 1 is 0.950 bits per heavy atom. The normalized spacial score (nSPS) is 14.3. The summed E-state index contributed by atoms with van der Waals surface area (Å²) in [5.74, 6) is 0.959. The van der Waals surface area contributed by atoms with Crippen LogP contribution in [0.2, 0.25) is 0 Å². The van der Waals surface area contributed by atoms with Gasteiger partial charge in [0, 0.05) is 37.2 Å². The van der Waals surface area contributed by atoms with Gasteiger partial charge in [-0.3, -0.25) is 0 Å². The van der Waals surface area contributed by atoms with Crippen molar-refractivity contribution in [2.75, 3.05) is 24.3 Å². The van der Waals surface area contributed by atoms with Crippen molar-refractivity contribution in [2.45, 2.75) is 32.9 Å². The molecule has 0 saturated heterocycles. The second kappa shape index (κ2) is 10.4. The molecule has 1 aliphatic rings. The fourth-order valence-electron chi connectivity index (χ4n) is 5.47. The molecule has 6 rings (SSSR count). The number of amides is 2. The van der Waals surface area contributed by atoms with Gasteiger partial charge in [-0.15, -0.1) is 0 Å². The molecule has 40 heavy (non-hydrogen) atoms. The van der Waals surface area contributed by atoms with Crippen molar-refractivity contribution in [3.63, 3.8) is 0 Å². The van der Waals surface area contributed by atoms with Crippen molar-refractivity contribution >= 4 is 17.4 Å². The van der Waals surface area contributed by atoms with Crippen LogP contribution in [0.5, 0.6) is 0 Å². The molecule has 0 fully saturated rings. The third-order valence-electron chi connectivity index (χ3n) is 7.69. The van der Waals surface area contributed by atoms with Gasteiger partial charge in [-0.1, -0.05) is 49.4 Å². The van der Waals surface area contributed by atoms with Gasteiger partial charge in [0.2, 0.25) is 0 Å².